The van der Waals surface area contributed by atoms with Gasteiger partial charge in [0.25, 0.3) is 13.4 Å². The molecule has 0 fully saturated rings. The number of rotatable bonds is 2. The van der Waals surface area contributed by atoms with Crippen molar-refractivity contribution in [2.24, 2.45) is 0 Å². The molecule has 0 radical (unpaired) electrons. The van der Waals surface area contributed by atoms with Crippen LogP contribution in [0.2, 0.25) is 0 Å². The van der Waals surface area contributed by atoms with Gasteiger partial charge >= 0.3 is 0 Å². The Kier molecular flexibility index (Phi) is 4.59. The van der Waals surface area contributed by atoms with Gasteiger partial charge in [-0.05, 0) is 79.3 Å². The molecule has 48 heavy (non-hydrogen) atoms. The summed E-state index contributed by atoms with van der Waals surface area (Å²) in [7, 11) is 0. The number of para-hydroxylation sites is 2. The molecule has 0 unspecified atom stereocenters. The van der Waals surface area contributed by atoms with Crippen molar-refractivity contribution in [2.75, 3.05) is 4.90 Å². The fourth-order valence-corrected chi connectivity index (χ4v) is 8.82. The Hall–Kier alpha value is -6.13. The SMILES string of the molecule is c1ccc(-c2cc3c4c(c2)B2c5ccccc5Oc5cc6c7c(c52)N4c2c(cc(-c4ccccc4)cc2B7c2ccccc2O6)O3)cc1. The predicted molar refractivity (Wildman–Crippen MR) is 194 cm³/mol. The van der Waals surface area contributed by atoms with Crippen molar-refractivity contribution >= 4 is 63.3 Å². The third kappa shape index (κ3) is 3.08. The van der Waals surface area contributed by atoms with Gasteiger partial charge in [-0.25, -0.2) is 0 Å². The molecular weight excluding hydrogens is 588 g/mol. The second kappa shape index (κ2) is 8.81. The summed E-state index contributed by atoms with van der Waals surface area (Å²) < 4.78 is 20.7. The lowest BCUT2D eigenvalue weighted by Gasteiger charge is -2.49. The average Bonchev–Trinajstić information content (AvgIpc) is 3.14. The Bertz CT molecular complexity index is 2400. The maximum absolute atomic E-state index is 7.13. The first-order chi connectivity index (χ1) is 23.8. The minimum Gasteiger partial charge on any atom is -0.458 e. The number of anilines is 3. The van der Waals surface area contributed by atoms with Crippen molar-refractivity contribution in [1.82, 2.24) is 0 Å². The minimum absolute atomic E-state index is 0.0352. The zero-order valence-electron chi connectivity index (χ0n) is 25.6. The third-order valence-corrected chi connectivity index (χ3v) is 10.7. The molecule has 0 N–H and O–H groups in total. The van der Waals surface area contributed by atoms with E-state index >= 15 is 0 Å². The molecule has 220 valence electrons. The van der Waals surface area contributed by atoms with Crippen LogP contribution < -0.4 is 51.9 Å². The van der Waals surface area contributed by atoms with Gasteiger partial charge < -0.3 is 19.1 Å². The molecule has 5 aliphatic heterocycles. The van der Waals surface area contributed by atoms with Crippen LogP contribution in [-0.4, -0.2) is 13.4 Å². The maximum atomic E-state index is 7.13. The first kappa shape index (κ1) is 25.0. The van der Waals surface area contributed by atoms with E-state index in [1.807, 2.05) is 0 Å². The summed E-state index contributed by atoms with van der Waals surface area (Å²) >= 11 is 0. The quantitative estimate of drug-likeness (QED) is 0.210. The minimum atomic E-state index is -0.0352. The molecule has 0 bridgehead atoms. The number of hydrogen-bond acceptors (Lipinski definition) is 4. The van der Waals surface area contributed by atoms with Gasteiger partial charge in [0.2, 0.25) is 0 Å². The normalized spacial score (nSPS) is 14.2. The number of benzene rings is 7. The topological polar surface area (TPSA) is 30.9 Å². The van der Waals surface area contributed by atoms with Gasteiger partial charge in [0, 0.05) is 11.8 Å². The number of ether oxygens (including phenoxy) is 3. The van der Waals surface area contributed by atoms with E-state index in [2.05, 4.69) is 144 Å². The molecule has 5 aliphatic rings. The van der Waals surface area contributed by atoms with Gasteiger partial charge in [0.1, 0.15) is 23.0 Å². The second-order valence-corrected chi connectivity index (χ2v) is 13.2. The van der Waals surface area contributed by atoms with E-state index in [9.17, 15) is 0 Å². The Morgan fingerprint density at radius 2 is 0.771 bits per heavy atom. The summed E-state index contributed by atoms with van der Waals surface area (Å²) in [6.07, 6.45) is 0. The molecule has 12 rings (SSSR count). The van der Waals surface area contributed by atoms with Crippen LogP contribution >= 0.6 is 0 Å². The summed E-state index contributed by atoms with van der Waals surface area (Å²) in [4.78, 5) is 2.47. The van der Waals surface area contributed by atoms with Crippen LogP contribution in [0.3, 0.4) is 0 Å². The van der Waals surface area contributed by atoms with Gasteiger partial charge in [-0.1, -0.05) is 109 Å². The number of nitrogens with zero attached hydrogens (tertiary/aromatic N) is 1. The van der Waals surface area contributed by atoms with E-state index in [4.69, 9.17) is 14.2 Å². The lowest BCUT2D eigenvalue weighted by Crippen LogP contribution is -2.67. The van der Waals surface area contributed by atoms with E-state index in [0.717, 1.165) is 84.7 Å². The highest BCUT2D eigenvalue weighted by Crippen LogP contribution is 2.55. The van der Waals surface area contributed by atoms with Crippen LogP contribution in [0.15, 0.2) is 140 Å². The molecule has 0 aromatic heterocycles. The first-order valence-electron chi connectivity index (χ1n) is 16.5. The molecule has 5 heterocycles. The zero-order chi connectivity index (χ0) is 31.1. The van der Waals surface area contributed by atoms with Crippen molar-refractivity contribution < 1.29 is 14.2 Å². The van der Waals surface area contributed by atoms with Crippen molar-refractivity contribution in [1.29, 1.82) is 0 Å². The Morgan fingerprint density at radius 1 is 0.333 bits per heavy atom. The van der Waals surface area contributed by atoms with Gasteiger partial charge in [-0.3, -0.25) is 0 Å². The second-order valence-electron chi connectivity index (χ2n) is 13.2. The van der Waals surface area contributed by atoms with Gasteiger partial charge in [0.05, 0.1) is 11.4 Å². The molecule has 0 aliphatic carbocycles. The van der Waals surface area contributed by atoms with E-state index in [1.54, 1.807) is 0 Å². The monoisotopic (exact) mass is 611 g/mol. The number of fused-ring (bicyclic) bond motifs is 6. The molecule has 7 aromatic rings. The molecule has 6 heteroatoms. The smallest absolute Gasteiger partial charge is 0.256 e. The summed E-state index contributed by atoms with van der Waals surface area (Å²) in [6.45, 7) is -0.0703. The molecule has 4 nitrogen and oxygen atoms in total. The van der Waals surface area contributed by atoms with Gasteiger partial charge in [0.15, 0.2) is 11.5 Å². The Morgan fingerprint density at radius 3 is 1.27 bits per heavy atom. The van der Waals surface area contributed by atoms with Crippen molar-refractivity contribution in [2.45, 2.75) is 0 Å². The standard InChI is InChI=1S/C42H23B2NO3/c1-3-11-24(12-4-1)26-19-30-40-36(21-26)48-37-22-27(25-13-5-2-6-14-25)20-31-41(37)45(40)42-38-34(46-32-17-9-7-15-28(32)43(30)38)23-35-39(42)44(31)29-16-8-10-18-33(29)47-35/h1-23H. The highest BCUT2D eigenvalue weighted by molar-refractivity contribution is 7.03. The van der Waals surface area contributed by atoms with Crippen LogP contribution in [0.5, 0.6) is 34.5 Å². The molecule has 0 atom stereocenters. The highest BCUT2D eigenvalue weighted by Gasteiger charge is 2.53. The van der Waals surface area contributed by atoms with Crippen LogP contribution in [0.1, 0.15) is 0 Å². The van der Waals surface area contributed by atoms with E-state index in [-0.39, 0.29) is 13.4 Å². The van der Waals surface area contributed by atoms with Crippen molar-refractivity contribution in [3.8, 4) is 56.8 Å². The molecular formula is C42H23B2NO3. The summed E-state index contributed by atoms with van der Waals surface area (Å²) in [5.74, 6) is 5.17. The van der Waals surface area contributed by atoms with Crippen LogP contribution in [0, 0.1) is 0 Å². The third-order valence-electron chi connectivity index (χ3n) is 10.7. The van der Waals surface area contributed by atoms with Crippen molar-refractivity contribution in [3.05, 3.63) is 140 Å². The van der Waals surface area contributed by atoms with Crippen LogP contribution in [0.4, 0.5) is 17.1 Å². The fourth-order valence-electron chi connectivity index (χ4n) is 8.82. The average molecular weight is 611 g/mol. The Labute approximate surface area is 277 Å². The lowest BCUT2D eigenvalue weighted by atomic mass is 9.29. The summed E-state index contributed by atoms with van der Waals surface area (Å²) in [5, 5.41) is 0. The summed E-state index contributed by atoms with van der Waals surface area (Å²) in [6, 6.07) is 49.5. The predicted octanol–water partition coefficient (Wildman–Crippen LogP) is 6.47. The molecule has 7 aromatic carbocycles. The zero-order valence-corrected chi connectivity index (χ0v) is 25.6. The highest BCUT2D eigenvalue weighted by atomic mass is 16.5. The van der Waals surface area contributed by atoms with Crippen molar-refractivity contribution in [3.63, 3.8) is 0 Å². The van der Waals surface area contributed by atoms with Crippen LogP contribution in [0.25, 0.3) is 22.3 Å². The maximum Gasteiger partial charge on any atom is 0.256 e. The van der Waals surface area contributed by atoms with Gasteiger partial charge in [-0.2, -0.15) is 0 Å². The largest absolute Gasteiger partial charge is 0.458 e. The van der Waals surface area contributed by atoms with Crippen LogP contribution in [-0.2, 0) is 0 Å². The van der Waals surface area contributed by atoms with Gasteiger partial charge in [-0.15, -0.1) is 0 Å². The number of hydrogen-bond donors (Lipinski definition) is 0. The molecule has 0 amide bonds. The molecule has 0 saturated carbocycles. The lowest BCUT2D eigenvalue weighted by molar-refractivity contribution is 0.464. The molecule has 0 spiro atoms. The summed E-state index contributed by atoms with van der Waals surface area (Å²) in [5.41, 5.74) is 15.1. The molecule has 0 saturated heterocycles. The first-order valence-corrected chi connectivity index (χ1v) is 16.5. The van der Waals surface area contributed by atoms with E-state index in [1.165, 1.54) is 21.9 Å². The Balaban J connectivity index is 1.24. The van der Waals surface area contributed by atoms with E-state index < -0.39 is 0 Å². The fraction of sp³-hybridized carbons (Fsp3) is 0. The van der Waals surface area contributed by atoms with E-state index in [0.29, 0.717) is 0 Å².